The first-order chi connectivity index (χ1) is 13.4. The van der Waals surface area contributed by atoms with Crippen LogP contribution in [0.1, 0.15) is 5.56 Å². The molecule has 1 aliphatic heterocycles. The number of carbonyl (C=O) groups excluding carboxylic acids is 1. The number of benzene rings is 2. The minimum Gasteiger partial charge on any atom is -0.334 e. The normalized spacial score (nSPS) is 14.1. The number of likely N-dealkylation sites (N-methyl/N-ethyl adjacent to an activating group) is 1. The lowest BCUT2D eigenvalue weighted by molar-refractivity contribution is -0.113. The Balaban J connectivity index is 1.61. The predicted octanol–water partition coefficient (Wildman–Crippen LogP) is 4.19. The molecule has 0 bridgehead atoms. The molecule has 1 N–H and O–H groups in total. The number of carbonyl (C=O) groups is 1. The summed E-state index contributed by atoms with van der Waals surface area (Å²) in [5.41, 5.74) is 4.22. The van der Waals surface area contributed by atoms with Crippen LogP contribution in [0.5, 0.6) is 0 Å². The molecule has 142 valence electrons. The van der Waals surface area contributed by atoms with Gasteiger partial charge in [-0.15, -0.1) is 0 Å². The smallest absolute Gasteiger partial charge is 0.272 e. The van der Waals surface area contributed by atoms with Gasteiger partial charge in [0.2, 0.25) is 0 Å². The van der Waals surface area contributed by atoms with Crippen molar-refractivity contribution in [1.82, 2.24) is 13.9 Å². The lowest BCUT2D eigenvalue weighted by atomic mass is 10.1. The summed E-state index contributed by atoms with van der Waals surface area (Å²) in [4.78, 5) is 17.1. The van der Waals surface area contributed by atoms with Crippen LogP contribution in [-0.4, -0.2) is 32.5 Å². The van der Waals surface area contributed by atoms with Gasteiger partial charge in [0.15, 0.2) is 0 Å². The number of nitrogens with one attached hydrogen (secondary N) is 1. The van der Waals surface area contributed by atoms with Crippen LogP contribution in [0.4, 0.5) is 10.1 Å². The summed E-state index contributed by atoms with van der Waals surface area (Å²) in [5, 5.41) is 2.68. The predicted molar refractivity (Wildman–Crippen MR) is 111 cm³/mol. The molecule has 4 rings (SSSR count). The zero-order valence-corrected chi connectivity index (χ0v) is 16.6. The fourth-order valence-corrected chi connectivity index (χ4v) is 3.58. The molecule has 6 nitrogen and oxygen atoms in total. The molecule has 0 saturated heterocycles. The van der Waals surface area contributed by atoms with E-state index in [0.717, 1.165) is 28.7 Å². The highest BCUT2D eigenvalue weighted by molar-refractivity contribution is 7.96. The van der Waals surface area contributed by atoms with Crippen molar-refractivity contribution in [2.45, 2.75) is 0 Å². The molecule has 0 spiro atoms. The van der Waals surface area contributed by atoms with Crippen LogP contribution in [0.2, 0.25) is 5.02 Å². The number of anilines is 1. The second kappa shape index (κ2) is 7.29. The second-order valence-corrected chi connectivity index (χ2v) is 7.53. The monoisotopic (exact) mass is 415 g/mol. The van der Waals surface area contributed by atoms with E-state index in [1.54, 1.807) is 23.8 Å². The number of aromatic nitrogens is 2. The molecule has 1 aliphatic rings. The van der Waals surface area contributed by atoms with Crippen LogP contribution < -0.4 is 5.32 Å². The number of halogens is 2. The third-order valence-corrected chi connectivity index (χ3v) is 5.32. The van der Waals surface area contributed by atoms with E-state index in [1.807, 2.05) is 29.8 Å². The first-order valence-electron chi connectivity index (χ1n) is 8.31. The lowest BCUT2D eigenvalue weighted by Gasteiger charge is -2.22. The van der Waals surface area contributed by atoms with Crippen LogP contribution in [-0.2, 0) is 11.8 Å². The Labute approximate surface area is 170 Å². The summed E-state index contributed by atoms with van der Waals surface area (Å²) in [5.74, 6) is -0.882. The van der Waals surface area contributed by atoms with Crippen LogP contribution in [0.3, 0.4) is 0 Å². The molecule has 0 fully saturated rings. The summed E-state index contributed by atoms with van der Waals surface area (Å²) in [6.07, 6.45) is 3.46. The van der Waals surface area contributed by atoms with Crippen molar-refractivity contribution >= 4 is 52.1 Å². The number of allylic oxidation sites excluding steroid dienone is 1. The minimum atomic E-state index is -0.538. The molecule has 1 aromatic heterocycles. The third-order valence-electron chi connectivity index (χ3n) is 4.31. The van der Waals surface area contributed by atoms with E-state index in [0.29, 0.717) is 17.1 Å². The van der Waals surface area contributed by atoms with Crippen molar-refractivity contribution < 1.29 is 9.18 Å². The van der Waals surface area contributed by atoms with Crippen molar-refractivity contribution in [2.24, 2.45) is 11.4 Å². The second-order valence-electron chi connectivity index (χ2n) is 6.23. The van der Waals surface area contributed by atoms with Gasteiger partial charge in [0.25, 0.3) is 5.91 Å². The zero-order chi connectivity index (χ0) is 19.8. The van der Waals surface area contributed by atoms with Gasteiger partial charge in [-0.05, 0) is 36.4 Å². The highest BCUT2D eigenvalue weighted by Gasteiger charge is 2.21. The van der Waals surface area contributed by atoms with E-state index in [1.165, 1.54) is 18.2 Å². The van der Waals surface area contributed by atoms with E-state index in [4.69, 9.17) is 11.6 Å². The van der Waals surface area contributed by atoms with E-state index in [2.05, 4.69) is 14.7 Å². The molecular weight excluding hydrogens is 401 g/mol. The Bertz CT molecular complexity index is 1160. The van der Waals surface area contributed by atoms with E-state index in [9.17, 15) is 9.18 Å². The van der Waals surface area contributed by atoms with Crippen LogP contribution in [0.25, 0.3) is 11.0 Å². The number of aryl methyl sites for hydroxylation is 1. The van der Waals surface area contributed by atoms with E-state index in [-0.39, 0.29) is 10.9 Å². The van der Waals surface area contributed by atoms with Gasteiger partial charge in [-0.2, -0.15) is 4.40 Å². The zero-order valence-electron chi connectivity index (χ0n) is 15.0. The molecule has 1 amide bonds. The number of hydrogen-bond donors (Lipinski definition) is 1. The average Bonchev–Trinajstić information content (AvgIpc) is 3.05. The van der Waals surface area contributed by atoms with Gasteiger partial charge in [-0.1, -0.05) is 17.7 Å². The average molecular weight is 416 g/mol. The molecule has 2 aromatic carbocycles. The van der Waals surface area contributed by atoms with Crippen molar-refractivity contribution in [1.29, 1.82) is 0 Å². The van der Waals surface area contributed by atoms with Crippen LogP contribution in [0.15, 0.2) is 58.9 Å². The largest absolute Gasteiger partial charge is 0.334 e. The van der Waals surface area contributed by atoms with Gasteiger partial charge in [-0.3, -0.25) is 9.10 Å². The highest BCUT2D eigenvalue weighted by atomic mass is 35.5. The standard InChI is InChI=1S/C19H15ClFN5OS/c1-25-10-22-16-7-11(3-6-17(16)25)15-9-18(26(2)28-24-15)19(27)23-12-4-5-14(21)13(20)8-12/h3-10H,1-2H3,(H,23,27). The van der Waals surface area contributed by atoms with Crippen molar-refractivity contribution in [3.63, 3.8) is 0 Å². The number of fused-ring (bicyclic) bond motifs is 1. The third kappa shape index (κ3) is 3.48. The summed E-state index contributed by atoms with van der Waals surface area (Å²) < 4.78 is 21.4. The number of rotatable bonds is 3. The summed E-state index contributed by atoms with van der Waals surface area (Å²) >= 11 is 6.95. The van der Waals surface area contributed by atoms with E-state index >= 15 is 0 Å². The summed E-state index contributed by atoms with van der Waals surface area (Å²) in [6, 6.07) is 9.89. The highest BCUT2D eigenvalue weighted by Crippen LogP contribution is 2.27. The molecule has 0 radical (unpaired) electrons. The Morgan fingerprint density at radius 2 is 2.04 bits per heavy atom. The Kier molecular flexibility index (Phi) is 4.82. The molecule has 9 heteroatoms. The molecule has 2 heterocycles. The van der Waals surface area contributed by atoms with E-state index < -0.39 is 5.82 Å². The Hall–Kier alpha value is -2.84. The summed E-state index contributed by atoms with van der Waals surface area (Å²) in [7, 11) is 3.68. The molecule has 3 aromatic rings. The number of amides is 1. The van der Waals surface area contributed by atoms with Crippen LogP contribution in [0, 0.1) is 5.82 Å². The van der Waals surface area contributed by atoms with Crippen molar-refractivity contribution in [2.75, 3.05) is 12.4 Å². The van der Waals surface area contributed by atoms with Crippen molar-refractivity contribution in [3.8, 4) is 0 Å². The minimum absolute atomic E-state index is 0.0518. The Morgan fingerprint density at radius 1 is 1.21 bits per heavy atom. The van der Waals surface area contributed by atoms with Gasteiger partial charge in [-0.25, -0.2) is 9.37 Å². The maximum absolute atomic E-state index is 13.3. The Morgan fingerprint density at radius 3 is 2.82 bits per heavy atom. The molecule has 28 heavy (non-hydrogen) atoms. The van der Waals surface area contributed by atoms with Gasteiger partial charge in [0, 0.05) is 25.3 Å². The first kappa shape index (κ1) is 18.5. The number of nitrogens with zero attached hydrogens (tertiary/aromatic N) is 4. The van der Waals surface area contributed by atoms with Crippen molar-refractivity contribution in [3.05, 3.63) is 70.9 Å². The fraction of sp³-hybridized carbons (Fsp3) is 0.105. The molecular formula is C19H15ClFN5OS. The maximum atomic E-state index is 13.3. The summed E-state index contributed by atoms with van der Waals surface area (Å²) in [6.45, 7) is 0. The van der Waals surface area contributed by atoms with Gasteiger partial charge in [0.1, 0.15) is 11.5 Å². The molecule has 0 unspecified atom stereocenters. The fourth-order valence-electron chi connectivity index (χ4n) is 2.80. The topological polar surface area (TPSA) is 62.5 Å². The first-order valence-corrected chi connectivity index (χ1v) is 9.41. The SMILES string of the molecule is CN1SN=C(c2ccc3c(c2)ncn3C)C=C1C(=O)Nc1ccc(F)c(Cl)c1. The lowest BCUT2D eigenvalue weighted by Crippen LogP contribution is -2.26. The molecule has 0 atom stereocenters. The molecule has 0 saturated carbocycles. The maximum Gasteiger partial charge on any atom is 0.272 e. The van der Waals surface area contributed by atoms with Crippen LogP contribution >= 0.6 is 23.7 Å². The number of hydrogen-bond acceptors (Lipinski definition) is 5. The van der Waals surface area contributed by atoms with Gasteiger partial charge in [0.05, 0.1) is 40.2 Å². The molecule has 0 aliphatic carbocycles. The quantitative estimate of drug-likeness (QED) is 0.651. The number of imidazole rings is 1. The van der Waals surface area contributed by atoms with Gasteiger partial charge < -0.3 is 9.88 Å². The van der Waals surface area contributed by atoms with Gasteiger partial charge >= 0.3 is 0 Å².